The molecule has 1 aliphatic rings. The summed E-state index contributed by atoms with van der Waals surface area (Å²) in [5, 5.41) is 0. The number of carbonyl (C=O) groups excluding carboxylic acids is 1. The summed E-state index contributed by atoms with van der Waals surface area (Å²) in [5.74, 6) is 2.50. The fourth-order valence-corrected chi connectivity index (χ4v) is 1.98. The van der Waals surface area contributed by atoms with Gasteiger partial charge >= 0.3 is 0 Å². The highest BCUT2D eigenvalue weighted by Crippen LogP contribution is 2.15. The fourth-order valence-electron chi connectivity index (χ4n) is 1.52. The number of ether oxygens (including phenoxy) is 1. The topological polar surface area (TPSA) is 29.5 Å². The molecule has 1 fully saturated rings. The molecule has 1 aromatic carbocycles. The normalized spacial score (nSPS) is 15.0. The molecular weight excluding hydrogens is 282 g/mol. The minimum Gasteiger partial charge on any atom is -0.378 e. The van der Waals surface area contributed by atoms with Gasteiger partial charge in [-0.15, -0.1) is 0 Å². The van der Waals surface area contributed by atoms with Crippen LogP contribution < -0.4 is 0 Å². The van der Waals surface area contributed by atoms with E-state index in [0.29, 0.717) is 18.8 Å². The molecule has 88 valence electrons. The molecule has 3 nitrogen and oxygen atoms in total. The first-order valence-corrected chi connectivity index (χ1v) is 6.20. The third-order valence-electron chi connectivity index (χ3n) is 2.46. The van der Waals surface area contributed by atoms with Gasteiger partial charge in [0.15, 0.2) is 0 Å². The van der Waals surface area contributed by atoms with Crippen molar-refractivity contribution < 1.29 is 9.53 Å². The lowest BCUT2D eigenvalue weighted by atomic mass is 10.1. The van der Waals surface area contributed by atoms with E-state index in [4.69, 9.17) is 4.74 Å². The minimum atomic E-state index is -0.163. The number of ketones is 1. The zero-order chi connectivity index (χ0) is 12.1. The molecular formula is C13H12BrNO2. The number of carbonyl (C=O) groups is 1. The highest BCUT2D eigenvalue weighted by molar-refractivity contribution is 9.10. The van der Waals surface area contributed by atoms with Crippen LogP contribution in [0.4, 0.5) is 0 Å². The Morgan fingerprint density at radius 2 is 2.00 bits per heavy atom. The molecule has 0 unspecified atom stereocenters. The first-order valence-electron chi connectivity index (χ1n) is 5.40. The number of benzene rings is 1. The summed E-state index contributed by atoms with van der Waals surface area (Å²) >= 11 is 3.34. The van der Waals surface area contributed by atoms with Crippen LogP contribution in [0, 0.1) is 12.0 Å². The molecule has 0 N–H and O–H groups in total. The van der Waals surface area contributed by atoms with Crippen LogP contribution in [0.2, 0.25) is 0 Å². The Hall–Kier alpha value is -1.31. The molecule has 0 atom stereocenters. The van der Waals surface area contributed by atoms with Crippen LogP contribution in [-0.2, 0) is 4.74 Å². The van der Waals surface area contributed by atoms with Crippen LogP contribution in [-0.4, -0.2) is 37.0 Å². The average Bonchev–Trinajstić information content (AvgIpc) is 2.38. The number of hydrogen-bond acceptors (Lipinski definition) is 3. The second-order valence-electron chi connectivity index (χ2n) is 3.65. The number of halogens is 1. The van der Waals surface area contributed by atoms with E-state index in [-0.39, 0.29) is 5.78 Å². The van der Waals surface area contributed by atoms with E-state index in [1.807, 2.05) is 23.1 Å². The van der Waals surface area contributed by atoms with Gasteiger partial charge in [-0.05, 0) is 18.1 Å². The van der Waals surface area contributed by atoms with E-state index < -0.39 is 0 Å². The number of hydrogen-bond donors (Lipinski definition) is 0. The Morgan fingerprint density at radius 3 is 2.71 bits per heavy atom. The first-order chi connectivity index (χ1) is 8.27. The molecule has 4 heteroatoms. The minimum absolute atomic E-state index is 0.163. The zero-order valence-corrected chi connectivity index (χ0v) is 10.9. The lowest BCUT2D eigenvalue weighted by molar-refractivity contribution is 0.0637. The lowest BCUT2D eigenvalue weighted by Gasteiger charge is -2.22. The third kappa shape index (κ3) is 3.32. The van der Waals surface area contributed by atoms with Gasteiger partial charge in [0.1, 0.15) is 0 Å². The van der Waals surface area contributed by atoms with Gasteiger partial charge in [0.25, 0.3) is 0 Å². The quantitative estimate of drug-likeness (QED) is 0.585. The van der Waals surface area contributed by atoms with Crippen molar-refractivity contribution in [3.63, 3.8) is 0 Å². The summed E-state index contributed by atoms with van der Waals surface area (Å²) in [6, 6.07) is 10.2. The summed E-state index contributed by atoms with van der Waals surface area (Å²) in [6.45, 7) is 2.88. The molecule has 1 saturated heterocycles. The largest absolute Gasteiger partial charge is 0.378 e. The Balaban J connectivity index is 2.06. The van der Waals surface area contributed by atoms with Gasteiger partial charge in [-0.3, -0.25) is 4.79 Å². The van der Waals surface area contributed by atoms with Crippen LogP contribution in [0.3, 0.4) is 0 Å². The smallest absolute Gasteiger partial charge is 0.238 e. The van der Waals surface area contributed by atoms with Gasteiger partial charge in [-0.2, -0.15) is 0 Å². The Morgan fingerprint density at radius 1 is 1.29 bits per heavy atom. The molecule has 0 aliphatic carbocycles. The molecule has 17 heavy (non-hydrogen) atoms. The van der Waals surface area contributed by atoms with E-state index >= 15 is 0 Å². The summed E-state index contributed by atoms with van der Waals surface area (Å²) in [7, 11) is 0. The van der Waals surface area contributed by atoms with Gasteiger partial charge in [0.05, 0.1) is 13.2 Å². The summed E-state index contributed by atoms with van der Waals surface area (Å²) < 4.78 is 5.99. The Kier molecular flexibility index (Phi) is 4.18. The van der Waals surface area contributed by atoms with E-state index in [2.05, 4.69) is 27.9 Å². The second-order valence-corrected chi connectivity index (χ2v) is 4.50. The van der Waals surface area contributed by atoms with Crippen LogP contribution in [0.25, 0.3) is 0 Å². The summed E-state index contributed by atoms with van der Waals surface area (Å²) in [5.41, 5.74) is 0.605. The summed E-state index contributed by atoms with van der Waals surface area (Å²) in [4.78, 5) is 13.8. The van der Waals surface area contributed by atoms with Gasteiger partial charge in [-0.1, -0.05) is 28.1 Å². The number of rotatable bonds is 1. The van der Waals surface area contributed by atoms with Gasteiger partial charge in [-0.25, -0.2) is 0 Å². The van der Waals surface area contributed by atoms with Crippen LogP contribution in [0.5, 0.6) is 0 Å². The van der Waals surface area contributed by atoms with Crippen molar-refractivity contribution in [3.8, 4) is 12.0 Å². The van der Waals surface area contributed by atoms with Crippen molar-refractivity contribution in [2.75, 3.05) is 26.3 Å². The number of Topliss-reactive ketones (excluding diaryl/α,β-unsaturated/α-hetero) is 1. The molecule has 0 bridgehead atoms. The van der Waals surface area contributed by atoms with Gasteiger partial charge < -0.3 is 9.64 Å². The fraction of sp³-hybridized carbons (Fsp3) is 0.308. The summed E-state index contributed by atoms with van der Waals surface area (Å²) in [6.07, 6.45) is 0. The SMILES string of the molecule is O=C(C#CN1CCOCC1)c1ccccc1Br. The predicted molar refractivity (Wildman–Crippen MR) is 68.6 cm³/mol. The first kappa shape index (κ1) is 12.2. The van der Waals surface area contributed by atoms with E-state index in [9.17, 15) is 4.79 Å². The lowest BCUT2D eigenvalue weighted by Crippen LogP contribution is -2.32. The molecule has 1 heterocycles. The van der Waals surface area contributed by atoms with Crippen molar-refractivity contribution in [1.82, 2.24) is 4.90 Å². The zero-order valence-electron chi connectivity index (χ0n) is 9.28. The van der Waals surface area contributed by atoms with Crippen molar-refractivity contribution in [1.29, 1.82) is 0 Å². The Bertz CT molecular complexity index is 470. The molecule has 0 radical (unpaired) electrons. The molecule has 0 saturated carbocycles. The molecule has 1 aliphatic heterocycles. The maximum atomic E-state index is 11.8. The van der Waals surface area contributed by atoms with Crippen molar-refractivity contribution in [2.24, 2.45) is 0 Å². The standard InChI is InChI=1S/C13H12BrNO2/c14-12-4-2-1-3-11(12)13(16)5-6-15-7-9-17-10-8-15/h1-4H,7-10H2. The monoisotopic (exact) mass is 293 g/mol. The van der Waals surface area contributed by atoms with Gasteiger partial charge in [0, 0.05) is 29.2 Å². The molecule has 0 aromatic heterocycles. The average molecular weight is 294 g/mol. The van der Waals surface area contributed by atoms with Gasteiger partial charge in [0.2, 0.25) is 5.78 Å². The van der Waals surface area contributed by atoms with Crippen molar-refractivity contribution in [2.45, 2.75) is 0 Å². The van der Waals surface area contributed by atoms with Crippen molar-refractivity contribution in [3.05, 3.63) is 34.3 Å². The van der Waals surface area contributed by atoms with E-state index in [0.717, 1.165) is 17.6 Å². The van der Waals surface area contributed by atoms with Crippen molar-refractivity contribution >= 4 is 21.7 Å². The Labute approximate surface area is 109 Å². The molecule has 0 spiro atoms. The van der Waals surface area contributed by atoms with E-state index in [1.165, 1.54) is 0 Å². The number of morpholine rings is 1. The third-order valence-corrected chi connectivity index (χ3v) is 3.15. The van der Waals surface area contributed by atoms with Crippen LogP contribution in [0.15, 0.2) is 28.7 Å². The second kappa shape index (κ2) is 5.85. The highest BCUT2D eigenvalue weighted by atomic mass is 79.9. The highest BCUT2D eigenvalue weighted by Gasteiger charge is 2.08. The maximum Gasteiger partial charge on any atom is 0.238 e. The van der Waals surface area contributed by atoms with Crippen LogP contribution in [0.1, 0.15) is 10.4 Å². The maximum absolute atomic E-state index is 11.8. The van der Waals surface area contributed by atoms with E-state index in [1.54, 1.807) is 6.07 Å². The van der Waals surface area contributed by atoms with Crippen LogP contribution >= 0.6 is 15.9 Å². The molecule has 1 aromatic rings. The number of nitrogens with zero attached hydrogens (tertiary/aromatic N) is 1. The molecule has 2 rings (SSSR count). The predicted octanol–water partition coefficient (Wildman–Crippen LogP) is 1.92. The molecule has 0 amide bonds.